The second kappa shape index (κ2) is 12.7. The van der Waals surface area contributed by atoms with Gasteiger partial charge in [0.25, 0.3) is 0 Å². The summed E-state index contributed by atoms with van der Waals surface area (Å²) in [6.45, 7) is 3.16. The van der Waals surface area contributed by atoms with E-state index in [-0.39, 0.29) is 55.7 Å². The van der Waals surface area contributed by atoms with Gasteiger partial charge in [0.1, 0.15) is 48.2 Å². The molecule has 0 radical (unpaired) electrons. The number of hydrogen-bond acceptors (Lipinski definition) is 12. The lowest BCUT2D eigenvalue weighted by Gasteiger charge is -2.48. The highest BCUT2D eigenvalue weighted by Gasteiger charge is 2.49. The summed E-state index contributed by atoms with van der Waals surface area (Å²) in [5.41, 5.74) is 5.09. The van der Waals surface area contributed by atoms with Crippen molar-refractivity contribution < 1.29 is 27.4 Å². The zero-order valence-corrected chi connectivity index (χ0v) is 29.5. The zero-order chi connectivity index (χ0) is 35.8. The van der Waals surface area contributed by atoms with Crippen molar-refractivity contribution in [2.24, 2.45) is 0 Å². The summed E-state index contributed by atoms with van der Waals surface area (Å²) in [5, 5.41) is 4.52. The number of rotatable bonds is 5. The molecule has 2 aromatic carbocycles. The van der Waals surface area contributed by atoms with Crippen molar-refractivity contribution >= 4 is 61.0 Å². The largest absolute Gasteiger partial charge is 0.461 e. The van der Waals surface area contributed by atoms with E-state index in [0.29, 0.717) is 69.8 Å². The van der Waals surface area contributed by atoms with Crippen LogP contribution in [-0.4, -0.2) is 115 Å². The van der Waals surface area contributed by atoms with Crippen LogP contribution in [0.15, 0.2) is 30.9 Å². The normalized spacial score (nSPS) is 25.1. The average molecular weight is 755 g/mol. The van der Waals surface area contributed by atoms with E-state index in [9.17, 15) is 13.6 Å². The SMILES string of the molecule is Nc1nc2c(-c3c(Cl)cc4c(N5CCCC6(CN(C(=O)n7cncn7)CCO6)C5)nc(OC[C@@]56CCCN5C[C@H](F)C6)nc4c3F)ccc(F)c2s1. The Morgan fingerprint density at radius 2 is 1.98 bits per heavy atom. The number of carbonyl (C=O) groups is 1. The molecular weight excluding hydrogens is 721 g/mol. The van der Waals surface area contributed by atoms with Crippen LogP contribution in [0, 0.1) is 11.6 Å². The lowest BCUT2D eigenvalue weighted by Crippen LogP contribution is -2.61. The number of nitrogens with two attached hydrogens (primary N) is 1. The molecule has 1 amide bonds. The van der Waals surface area contributed by atoms with Crippen LogP contribution in [0.25, 0.3) is 32.2 Å². The van der Waals surface area contributed by atoms with Crippen LogP contribution in [0.2, 0.25) is 5.02 Å². The molecule has 4 aliphatic heterocycles. The maximum Gasteiger partial charge on any atom is 0.346 e. The maximum atomic E-state index is 17.1. The molecule has 3 atom stereocenters. The van der Waals surface area contributed by atoms with E-state index in [2.05, 4.69) is 25.0 Å². The van der Waals surface area contributed by atoms with Gasteiger partial charge in [0.05, 0.1) is 40.5 Å². The highest BCUT2D eigenvalue weighted by Crippen LogP contribution is 2.44. The fourth-order valence-electron chi connectivity index (χ4n) is 8.54. The highest BCUT2D eigenvalue weighted by molar-refractivity contribution is 7.22. The van der Waals surface area contributed by atoms with Crippen LogP contribution < -0.4 is 15.4 Å². The summed E-state index contributed by atoms with van der Waals surface area (Å²) in [4.78, 5) is 36.7. The number of aromatic nitrogens is 6. The van der Waals surface area contributed by atoms with Crippen molar-refractivity contribution in [3.8, 4) is 17.1 Å². The van der Waals surface area contributed by atoms with Crippen molar-refractivity contribution in [1.82, 2.24) is 39.5 Å². The lowest BCUT2D eigenvalue weighted by molar-refractivity contribution is -0.103. The fraction of sp³-hybridized carbons (Fsp3) is 0.471. The van der Waals surface area contributed by atoms with Gasteiger partial charge in [0, 0.05) is 42.6 Å². The Morgan fingerprint density at radius 3 is 2.83 bits per heavy atom. The first kappa shape index (κ1) is 33.5. The van der Waals surface area contributed by atoms with Gasteiger partial charge < -0.3 is 25.0 Å². The Hall–Kier alpha value is -4.32. The van der Waals surface area contributed by atoms with Crippen LogP contribution in [0.3, 0.4) is 0 Å². The van der Waals surface area contributed by atoms with E-state index >= 15 is 4.39 Å². The number of fused-ring (bicyclic) bond motifs is 3. The van der Waals surface area contributed by atoms with Crippen LogP contribution in [-0.2, 0) is 4.74 Å². The second-order valence-electron chi connectivity index (χ2n) is 14.1. The molecule has 9 rings (SSSR count). The number of nitrogens with zero attached hydrogens (tertiary/aromatic N) is 9. The number of thiazole rings is 1. The van der Waals surface area contributed by atoms with Crippen LogP contribution in [0.1, 0.15) is 32.1 Å². The molecule has 2 N–H and O–H groups in total. The van der Waals surface area contributed by atoms with Crippen molar-refractivity contribution in [1.29, 1.82) is 0 Å². The van der Waals surface area contributed by atoms with Crippen molar-refractivity contribution in [2.75, 3.05) is 63.1 Å². The summed E-state index contributed by atoms with van der Waals surface area (Å²) in [5.74, 6) is -0.905. The fourth-order valence-corrected chi connectivity index (χ4v) is 9.60. The standard InChI is InChI=1S/C34H34ClF3N10O3S/c35-22-11-21-26(25(38)24(22)20-3-4-23(37)28-27(20)42-30(39)52-28)43-31(50-16-33-5-1-8-47(33)13-19(36)12-33)44-29(21)45-7-2-6-34(14-45)15-46(9-10-51-34)32(49)48-18-40-17-41-48/h3-4,11,17-19H,1-2,5-10,12-16H2,(H2,39,42)/t19-,33+,34?/m1/s1. The quantitative estimate of drug-likeness (QED) is 0.250. The number of anilines is 2. The number of piperidine rings is 1. The third-order valence-electron chi connectivity index (χ3n) is 10.8. The first-order valence-corrected chi connectivity index (χ1v) is 18.4. The Balaban J connectivity index is 1.13. The molecule has 4 saturated heterocycles. The van der Waals surface area contributed by atoms with Gasteiger partial charge in [-0.2, -0.15) is 19.7 Å². The minimum absolute atomic E-state index is 0.00955. The predicted octanol–water partition coefficient (Wildman–Crippen LogP) is 5.31. The topological polar surface area (TPSA) is 141 Å². The number of halogens is 4. The molecule has 1 spiro atoms. The molecule has 7 heterocycles. The van der Waals surface area contributed by atoms with E-state index in [4.69, 9.17) is 31.8 Å². The Kier molecular flexibility index (Phi) is 8.17. The van der Waals surface area contributed by atoms with Gasteiger partial charge in [-0.15, -0.1) is 0 Å². The minimum Gasteiger partial charge on any atom is -0.461 e. The average Bonchev–Trinajstić information content (AvgIpc) is 3.93. The van der Waals surface area contributed by atoms with Gasteiger partial charge in [0.15, 0.2) is 10.9 Å². The summed E-state index contributed by atoms with van der Waals surface area (Å²) in [7, 11) is 0. The summed E-state index contributed by atoms with van der Waals surface area (Å²) < 4.78 is 60.5. The number of alkyl halides is 1. The number of nitrogen functional groups attached to an aromatic ring is 1. The summed E-state index contributed by atoms with van der Waals surface area (Å²) in [6.07, 6.45) is 5.13. The lowest BCUT2D eigenvalue weighted by atomic mass is 9.90. The van der Waals surface area contributed by atoms with Crippen molar-refractivity contribution in [3.63, 3.8) is 0 Å². The van der Waals surface area contributed by atoms with E-state index in [0.717, 1.165) is 30.7 Å². The van der Waals surface area contributed by atoms with E-state index in [1.54, 1.807) is 11.0 Å². The molecule has 4 aliphatic rings. The number of benzene rings is 2. The van der Waals surface area contributed by atoms with Gasteiger partial charge in [-0.25, -0.2) is 27.9 Å². The molecule has 18 heteroatoms. The number of ether oxygens (including phenoxy) is 2. The van der Waals surface area contributed by atoms with Gasteiger partial charge in [-0.05, 0) is 50.4 Å². The molecule has 1 unspecified atom stereocenters. The number of amides is 1. The Morgan fingerprint density at radius 1 is 1.12 bits per heavy atom. The van der Waals surface area contributed by atoms with E-state index in [1.807, 2.05) is 4.90 Å². The molecular formula is C34H34ClF3N10O3S. The Bertz CT molecular complexity index is 2210. The Labute approximate surface area is 304 Å². The third-order valence-corrected chi connectivity index (χ3v) is 12.0. The zero-order valence-electron chi connectivity index (χ0n) is 27.9. The highest BCUT2D eigenvalue weighted by atomic mass is 35.5. The van der Waals surface area contributed by atoms with Gasteiger partial charge in [0.2, 0.25) is 0 Å². The molecule has 0 saturated carbocycles. The predicted molar refractivity (Wildman–Crippen MR) is 189 cm³/mol. The molecule has 0 aliphatic carbocycles. The smallest absolute Gasteiger partial charge is 0.346 e. The molecule has 3 aromatic heterocycles. The van der Waals surface area contributed by atoms with Gasteiger partial charge in [-0.3, -0.25) is 4.90 Å². The maximum absolute atomic E-state index is 17.1. The number of carbonyl (C=O) groups excluding carboxylic acids is 1. The van der Waals surface area contributed by atoms with Gasteiger partial charge in [-0.1, -0.05) is 22.9 Å². The van der Waals surface area contributed by atoms with Crippen LogP contribution in [0.5, 0.6) is 6.01 Å². The van der Waals surface area contributed by atoms with Gasteiger partial charge >= 0.3 is 12.0 Å². The molecule has 13 nitrogen and oxygen atoms in total. The molecule has 52 heavy (non-hydrogen) atoms. The number of morpholine rings is 1. The molecule has 4 fully saturated rings. The first-order chi connectivity index (χ1) is 25.1. The summed E-state index contributed by atoms with van der Waals surface area (Å²) >= 11 is 7.85. The van der Waals surface area contributed by atoms with Crippen molar-refractivity contribution in [2.45, 2.75) is 49.4 Å². The second-order valence-corrected chi connectivity index (χ2v) is 15.5. The third kappa shape index (κ3) is 5.59. The molecule has 0 bridgehead atoms. The first-order valence-electron chi connectivity index (χ1n) is 17.2. The van der Waals surface area contributed by atoms with E-state index in [1.165, 1.54) is 29.5 Å². The van der Waals surface area contributed by atoms with Crippen LogP contribution in [0.4, 0.5) is 28.9 Å². The summed E-state index contributed by atoms with van der Waals surface area (Å²) in [6, 6.07) is 3.89. The van der Waals surface area contributed by atoms with Crippen LogP contribution >= 0.6 is 22.9 Å². The molecule has 5 aromatic rings. The number of hydrogen-bond donors (Lipinski definition) is 1. The van der Waals surface area contributed by atoms with Crippen molar-refractivity contribution in [3.05, 3.63) is 47.5 Å². The molecule has 272 valence electrons. The monoisotopic (exact) mass is 754 g/mol. The minimum atomic E-state index is -0.956. The van der Waals surface area contributed by atoms with E-state index < -0.39 is 28.9 Å².